The van der Waals surface area contributed by atoms with Gasteiger partial charge in [0.25, 0.3) is 5.69 Å². The van der Waals surface area contributed by atoms with Gasteiger partial charge in [-0.1, -0.05) is 19.9 Å². The Hall–Kier alpha value is -1.58. The number of hydrogen-bond donors (Lipinski definition) is 1. The molecule has 1 unspecified atom stereocenters. The summed E-state index contributed by atoms with van der Waals surface area (Å²) >= 11 is 0. The number of benzene rings is 1. The smallest absolute Gasteiger partial charge is 0.274 e. The maximum atomic E-state index is 10.8. The van der Waals surface area contributed by atoms with Gasteiger partial charge >= 0.3 is 0 Å². The summed E-state index contributed by atoms with van der Waals surface area (Å²) in [6, 6.07) is 5.59. The number of nitro groups is 1. The van der Waals surface area contributed by atoms with Crippen LogP contribution in [0.15, 0.2) is 18.2 Å². The molecular weight excluding hydrogens is 216 g/mol. The lowest BCUT2D eigenvalue weighted by Gasteiger charge is -2.17. The molecule has 0 bridgehead atoms. The van der Waals surface area contributed by atoms with E-state index in [1.54, 1.807) is 19.1 Å². The van der Waals surface area contributed by atoms with Crippen molar-refractivity contribution >= 4 is 11.4 Å². The van der Waals surface area contributed by atoms with Gasteiger partial charge in [0.2, 0.25) is 0 Å². The minimum Gasteiger partial charge on any atom is -0.382 e. The SMILES string of the molecule is Cc1ccc(NC(C)CC(C)C)cc1[N+](=O)[O-]. The number of nitrogens with one attached hydrogen (secondary N) is 1. The van der Waals surface area contributed by atoms with Gasteiger partial charge in [-0.05, 0) is 32.3 Å². The summed E-state index contributed by atoms with van der Waals surface area (Å²) in [4.78, 5) is 10.5. The zero-order valence-electron chi connectivity index (χ0n) is 10.9. The van der Waals surface area contributed by atoms with Gasteiger partial charge in [0.15, 0.2) is 0 Å². The molecule has 0 saturated carbocycles. The molecule has 94 valence electrons. The normalized spacial score (nSPS) is 12.5. The standard InChI is InChI=1S/C13H20N2O2/c1-9(2)7-11(4)14-12-6-5-10(3)13(8-12)15(16)17/h5-6,8-9,11,14H,7H2,1-4H3. The molecule has 0 fully saturated rings. The van der Waals surface area contributed by atoms with E-state index in [1.807, 2.05) is 6.07 Å². The Bertz CT molecular complexity index is 402. The molecule has 4 nitrogen and oxygen atoms in total. The molecule has 1 rings (SSSR count). The average Bonchev–Trinajstić information content (AvgIpc) is 2.19. The quantitative estimate of drug-likeness (QED) is 0.625. The van der Waals surface area contributed by atoms with Crippen LogP contribution in [0.3, 0.4) is 0 Å². The van der Waals surface area contributed by atoms with Gasteiger partial charge in [-0.25, -0.2) is 0 Å². The number of anilines is 1. The highest BCUT2D eigenvalue weighted by atomic mass is 16.6. The van der Waals surface area contributed by atoms with Crippen molar-refractivity contribution < 1.29 is 4.92 Å². The zero-order chi connectivity index (χ0) is 13.0. The second-order valence-corrected chi connectivity index (χ2v) is 4.93. The summed E-state index contributed by atoms with van der Waals surface area (Å²) in [5.41, 5.74) is 1.68. The first-order chi connectivity index (χ1) is 7.90. The highest BCUT2D eigenvalue weighted by Gasteiger charge is 2.12. The lowest BCUT2D eigenvalue weighted by atomic mass is 10.0. The fraction of sp³-hybridized carbons (Fsp3) is 0.538. The molecular formula is C13H20N2O2. The minimum absolute atomic E-state index is 0.173. The molecule has 0 aliphatic heterocycles. The summed E-state index contributed by atoms with van der Waals surface area (Å²) in [6.07, 6.45) is 1.04. The molecule has 0 aromatic heterocycles. The maximum Gasteiger partial charge on any atom is 0.274 e. The van der Waals surface area contributed by atoms with Crippen LogP contribution in [-0.4, -0.2) is 11.0 Å². The van der Waals surface area contributed by atoms with Gasteiger partial charge in [-0.3, -0.25) is 10.1 Å². The third kappa shape index (κ3) is 4.06. The summed E-state index contributed by atoms with van der Waals surface area (Å²) in [6.45, 7) is 8.16. The Morgan fingerprint density at radius 2 is 2.00 bits per heavy atom. The lowest BCUT2D eigenvalue weighted by molar-refractivity contribution is -0.385. The predicted molar refractivity (Wildman–Crippen MR) is 70.4 cm³/mol. The van der Waals surface area contributed by atoms with Crippen molar-refractivity contribution in [3.63, 3.8) is 0 Å². The molecule has 1 atom stereocenters. The average molecular weight is 236 g/mol. The molecule has 0 saturated heterocycles. The van der Waals surface area contributed by atoms with E-state index in [0.717, 1.165) is 12.1 Å². The van der Waals surface area contributed by atoms with Crippen molar-refractivity contribution in [1.29, 1.82) is 0 Å². The number of aryl methyl sites for hydroxylation is 1. The van der Waals surface area contributed by atoms with Crippen molar-refractivity contribution in [1.82, 2.24) is 0 Å². The van der Waals surface area contributed by atoms with Gasteiger partial charge < -0.3 is 5.32 Å². The van der Waals surface area contributed by atoms with E-state index in [2.05, 4.69) is 26.1 Å². The molecule has 0 heterocycles. The van der Waals surface area contributed by atoms with E-state index in [9.17, 15) is 10.1 Å². The summed E-state index contributed by atoms with van der Waals surface area (Å²) in [5.74, 6) is 0.609. The second kappa shape index (κ2) is 5.66. The molecule has 1 N–H and O–H groups in total. The zero-order valence-corrected chi connectivity index (χ0v) is 10.9. The van der Waals surface area contributed by atoms with Gasteiger partial charge in [0, 0.05) is 23.4 Å². The van der Waals surface area contributed by atoms with Crippen molar-refractivity contribution in [3.8, 4) is 0 Å². The first-order valence-corrected chi connectivity index (χ1v) is 5.91. The first-order valence-electron chi connectivity index (χ1n) is 5.91. The van der Waals surface area contributed by atoms with Crippen LogP contribution < -0.4 is 5.32 Å². The molecule has 0 amide bonds. The summed E-state index contributed by atoms with van der Waals surface area (Å²) in [5, 5.41) is 14.1. The van der Waals surface area contributed by atoms with Crippen molar-refractivity contribution in [2.45, 2.75) is 40.2 Å². The summed E-state index contributed by atoms with van der Waals surface area (Å²) < 4.78 is 0. The summed E-state index contributed by atoms with van der Waals surface area (Å²) in [7, 11) is 0. The molecule has 1 aromatic carbocycles. The fourth-order valence-corrected chi connectivity index (χ4v) is 1.95. The number of nitrogens with zero attached hydrogens (tertiary/aromatic N) is 1. The highest BCUT2D eigenvalue weighted by Crippen LogP contribution is 2.23. The Balaban J connectivity index is 2.79. The van der Waals surface area contributed by atoms with Crippen LogP contribution in [0.2, 0.25) is 0 Å². The van der Waals surface area contributed by atoms with Gasteiger partial charge in [-0.15, -0.1) is 0 Å². The van der Waals surface area contributed by atoms with Crippen LogP contribution in [0.1, 0.15) is 32.8 Å². The lowest BCUT2D eigenvalue weighted by Crippen LogP contribution is -2.17. The minimum atomic E-state index is -0.340. The van der Waals surface area contributed by atoms with E-state index < -0.39 is 0 Å². The third-order valence-corrected chi connectivity index (χ3v) is 2.64. The number of rotatable bonds is 5. The fourth-order valence-electron chi connectivity index (χ4n) is 1.95. The second-order valence-electron chi connectivity index (χ2n) is 4.93. The third-order valence-electron chi connectivity index (χ3n) is 2.64. The van der Waals surface area contributed by atoms with E-state index >= 15 is 0 Å². The monoisotopic (exact) mass is 236 g/mol. The number of nitro benzene ring substituents is 1. The highest BCUT2D eigenvalue weighted by molar-refractivity contribution is 5.55. The topological polar surface area (TPSA) is 55.2 Å². The molecule has 4 heteroatoms. The van der Waals surface area contributed by atoms with Crippen LogP contribution in [-0.2, 0) is 0 Å². The molecule has 0 radical (unpaired) electrons. The van der Waals surface area contributed by atoms with Crippen molar-refractivity contribution in [2.75, 3.05) is 5.32 Å². The Kier molecular flexibility index (Phi) is 4.49. The van der Waals surface area contributed by atoms with Gasteiger partial charge in [0.05, 0.1) is 4.92 Å². The van der Waals surface area contributed by atoms with Crippen LogP contribution in [0.4, 0.5) is 11.4 Å². The van der Waals surface area contributed by atoms with Crippen LogP contribution in [0.25, 0.3) is 0 Å². The molecule has 17 heavy (non-hydrogen) atoms. The van der Waals surface area contributed by atoms with Crippen LogP contribution in [0.5, 0.6) is 0 Å². The largest absolute Gasteiger partial charge is 0.382 e. The number of hydrogen-bond acceptors (Lipinski definition) is 3. The van der Waals surface area contributed by atoms with Gasteiger partial charge in [-0.2, -0.15) is 0 Å². The van der Waals surface area contributed by atoms with Crippen LogP contribution >= 0.6 is 0 Å². The Morgan fingerprint density at radius 3 is 2.53 bits per heavy atom. The van der Waals surface area contributed by atoms with Crippen LogP contribution in [0, 0.1) is 23.0 Å². The Labute approximate surface area is 102 Å². The molecule has 1 aromatic rings. The molecule has 0 spiro atoms. The first kappa shape index (κ1) is 13.5. The van der Waals surface area contributed by atoms with E-state index in [1.165, 1.54) is 0 Å². The predicted octanol–water partition coefficient (Wildman–Crippen LogP) is 3.75. The van der Waals surface area contributed by atoms with E-state index in [0.29, 0.717) is 17.5 Å². The molecule has 0 aliphatic carbocycles. The van der Waals surface area contributed by atoms with Crippen molar-refractivity contribution in [3.05, 3.63) is 33.9 Å². The van der Waals surface area contributed by atoms with Gasteiger partial charge in [0.1, 0.15) is 0 Å². The van der Waals surface area contributed by atoms with Crippen molar-refractivity contribution in [2.24, 2.45) is 5.92 Å². The van der Waals surface area contributed by atoms with E-state index in [4.69, 9.17) is 0 Å². The molecule has 0 aliphatic rings. The Morgan fingerprint density at radius 1 is 1.35 bits per heavy atom. The maximum absolute atomic E-state index is 10.8. The van der Waals surface area contributed by atoms with E-state index in [-0.39, 0.29) is 10.6 Å².